The molecule has 0 fully saturated rings. The largest absolute Gasteiger partial charge is 0.482 e. The number of thioether (sulfide) groups is 1. The number of fused-ring (bicyclic) bond motifs is 1. The van der Waals surface area contributed by atoms with Crippen molar-refractivity contribution in [3.05, 3.63) is 53.6 Å². The standard InChI is InChI=1S/C19H19NO3S/c1-12(2)13-3-6-15(7-4-13)24-11-17(21)14-5-8-18-16(9-14)20-19(22)10-23-18/h3-9,12H,10-11H2,1-2H3,(H,20,22). The summed E-state index contributed by atoms with van der Waals surface area (Å²) in [5, 5.41) is 2.72. The Morgan fingerprint density at radius 2 is 1.96 bits per heavy atom. The highest BCUT2D eigenvalue weighted by Crippen LogP contribution is 2.29. The Hall–Kier alpha value is -2.27. The number of Topliss-reactive ketones (excluding diaryl/α,β-unsaturated/α-hetero) is 1. The van der Waals surface area contributed by atoms with E-state index in [1.54, 1.807) is 18.2 Å². The first-order chi connectivity index (χ1) is 11.5. The Morgan fingerprint density at radius 1 is 1.21 bits per heavy atom. The maximum Gasteiger partial charge on any atom is 0.262 e. The predicted molar refractivity (Wildman–Crippen MR) is 96.2 cm³/mol. The minimum atomic E-state index is -0.202. The van der Waals surface area contributed by atoms with Crippen LogP contribution in [0.15, 0.2) is 47.4 Å². The average molecular weight is 341 g/mol. The molecular formula is C19H19NO3S. The number of nitrogens with one attached hydrogen (secondary N) is 1. The van der Waals surface area contributed by atoms with Gasteiger partial charge in [0.05, 0.1) is 11.4 Å². The molecule has 3 rings (SSSR count). The van der Waals surface area contributed by atoms with Crippen molar-refractivity contribution < 1.29 is 14.3 Å². The normalized spacial score (nSPS) is 13.2. The Labute approximate surface area is 145 Å². The van der Waals surface area contributed by atoms with Crippen molar-refractivity contribution in [2.24, 2.45) is 0 Å². The smallest absolute Gasteiger partial charge is 0.262 e. The molecule has 0 unspecified atom stereocenters. The van der Waals surface area contributed by atoms with E-state index < -0.39 is 0 Å². The molecule has 2 aromatic carbocycles. The highest BCUT2D eigenvalue weighted by molar-refractivity contribution is 8.00. The van der Waals surface area contributed by atoms with Crippen LogP contribution in [-0.4, -0.2) is 24.1 Å². The number of carbonyl (C=O) groups is 2. The molecule has 0 aliphatic carbocycles. The molecule has 24 heavy (non-hydrogen) atoms. The van der Waals surface area contributed by atoms with Crippen LogP contribution in [0, 0.1) is 0 Å². The van der Waals surface area contributed by atoms with Gasteiger partial charge in [-0.25, -0.2) is 0 Å². The first kappa shape index (κ1) is 16.6. The lowest BCUT2D eigenvalue weighted by Gasteiger charge is -2.18. The van der Waals surface area contributed by atoms with Gasteiger partial charge in [0.2, 0.25) is 0 Å². The van der Waals surface area contributed by atoms with E-state index in [1.807, 2.05) is 12.1 Å². The Bertz CT molecular complexity index is 769. The summed E-state index contributed by atoms with van der Waals surface area (Å²) < 4.78 is 5.30. The number of ketones is 1. The molecule has 4 nitrogen and oxygen atoms in total. The lowest BCUT2D eigenvalue weighted by molar-refractivity contribution is -0.118. The van der Waals surface area contributed by atoms with Gasteiger partial charge in [0.1, 0.15) is 5.75 Å². The lowest BCUT2D eigenvalue weighted by atomic mass is 10.0. The third kappa shape index (κ3) is 3.79. The molecular weight excluding hydrogens is 322 g/mol. The van der Waals surface area contributed by atoms with Crippen LogP contribution >= 0.6 is 11.8 Å². The van der Waals surface area contributed by atoms with Gasteiger partial charge in [-0.3, -0.25) is 9.59 Å². The summed E-state index contributed by atoms with van der Waals surface area (Å²) in [6, 6.07) is 13.4. The molecule has 0 atom stereocenters. The third-order valence-electron chi connectivity index (χ3n) is 3.85. The van der Waals surface area contributed by atoms with E-state index in [9.17, 15) is 9.59 Å². The van der Waals surface area contributed by atoms with Crippen LogP contribution in [0.1, 0.15) is 35.7 Å². The molecule has 1 N–H and O–H groups in total. The lowest BCUT2D eigenvalue weighted by Crippen LogP contribution is -2.25. The van der Waals surface area contributed by atoms with Crippen molar-refractivity contribution >= 4 is 29.1 Å². The van der Waals surface area contributed by atoms with E-state index in [1.165, 1.54) is 17.3 Å². The Morgan fingerprint density at radius 3 is 2.67 bits per heavy atom. The fourth-order valence-corrected chi connectivity index (χ4v) is 3.23. The molecule has 1 aliphatic heterocycles. The second-order valence-corrected chi connectivity index (χ2v) is 7.03. The van der Waals surface area contributed by atoms with Gasteiger partial charge < -0.3 is 10.1 Å². The number of carbonyl (C=O) groups excluding carboxylic acids is 2. The monoisotopic (exact) mass is 341 g/mol. The van der Waals surface area contributed by atoms with Crippen molar-refractivity contribution in [1.29, 1.82) is 0 Å². The zero-order valence-electron chi connectivity index (χ0n) is 13.7. The van der Waals surface area contributed by atoms with E-state index in [4.69, 9.17) is 4.74 Å². The third-order valence-corrected chi connectivity index (χ3v) is 4.86. The van der Waals surface area contributed by atoms with Crippen molar-refractivity contribution in [3.63, 3.8) is 0 Å². The number of anilines is 1. The van der Waals surface area contributed by atoms with Crippen LogP contribution in [0.25, 0.3) is 0 Å². The van der Waals surface area contributed by atoms with Gasteiger partial charge in [0, 0.05) is 10.5 Å². The highest BCUT2D eigenvalue weighted by Gasteiger charge is 2.17. The van der Waals surface area contributed by atoms with Crippen molar-refractivity contribution in [2.45, 2.75) is 24.7 Å². The molecule has 0 bridgehead atoms. The van der Waals surface area contributed by atoms with E-state index >= 15 is 0 Å². The molecule has 0 saturated heterocycles. The van der Waals surface area contributed by atoms with Crippen LogP contribution in [-0.2, 0) is 4.79 Å². The molecule has 0 aromatic heterocycles. The Balaban J connectivity index is 1.65. The predicted octanol–water partition coefficient (Wildman–Crippen LogP) is 4.12. The SMILES string of the molecule is CC(C)c1ccc(SCC(=O)c2ccc3c(c2)NC(=O)CO3)cc1. The first-order valence-electron chi connectivity index (χ1n) is 7.85. The minimum Gasteiger partial charge on any atom is -0.482 e. The molecule has 0 spiro atoms. The van der Waals surface area contributed by atoms with Gasteiger partial charge in [0.25, 0.3) is 5.91 Å². The second kappa shape index (κ2) is 7.09. The maximum atomic E-state index is 12.4. The summed E-state index contributed by atoms with van der Waals surface area (Å²) in [6.45, 7) is 4.33. The summed E-state index contributed by atoms with van der Waals surface area (Å²) >= 11 is 1.51. The van der Waals surface area contributed by atoms with E-state index in [0.29, 0.717) is 28.7 Å². The van der Waals surface area contributed by atoms with Crippen LogP contribution in [0.5, 0.6) is 5.75 Å². The van der Waals surface area contributed by atoms with Crippen LogP contribution in [0.2, 0.25) is 0 Å². The highest BCUT2D eigenvalue weighted by atomic mass is 32.2. The molecule has 0 radical (unpaired) electrons. The summed E-state index contributed by atoms with van der Waals surface area (Å²) in [4.78, 5) is 24.8. The van der Waals surface area contributed by atoms with Gasteiger partial charge in [-0.15, -0.1) is 11.8 Å². The number of benzene rings is 2. The van der Waals surface area contributed by atoms with Crippen LogP contribution in [0.4, 0.5) is 5.69 Å². The molecule has 1 heterocycles. The van der Waals surface area contributed by atoms with Gasteiger partial charge in [-0.1, -0.05) is 26.0 Å². The summed E-state index contributed by atoms with van der Waals surface area (Å²) in [6.07, 6.45) is 0. The molecule has 124 valence electrons. The number of rotatable bonds is 5. The summed E-state index contributed by atoms with van der Waals surface area (Å²) in [5.74, 6) is 1.28. The summed E-state index contributed by atoms with van der Waals surface area (Å²) in [7, 11) is 0. The average Bonchev–Trinajstić information content (AvgIpc) is 2.59. The molecule has 1 aliphatic rings. The molecule has 1 amide bonds. The second-order valence-electron chi connectivity index (χ2n) is 5.98. The van der Waals surface area contributed by atoms with Crippen molar-refractivity contribution in [2.75, 3.05) is 17.7 Å². The van der Waals surface area contributed by atoms with Gasteiger partial charge in [-0.05, 0) is 41.8 Å². The number of amides is 1. The van der Waals surface area contributed by atoms with Gasteiger partial charge in [-0.2, -0.15) is 0 Å². The molecule has 2 aromatic rings. The quantitative estimate of drug-likeness (QED) is 0.657. The zero-order chi connectivity index (χ0) is 17.1. The zero-order valence-corrected chi connectivity index (χ0v) is 14.5. The minimum absolute atomic E-state index is 0.0164. The van der Waals surface area contributed by atoms with Crippen molar-refractivity contribution in [3.8, 4) is 5.75 Å². The number of hydrogen-bond donors (Lipinski definition) is 1. The Kier molecular flexibility index (Phi) is 4.90. The van der Waals surface area contributed by atoms with Crippen LogP contribution in [0.3, 0.4) is 0 Å². The topological polar surface area (TPSA) is 55.4 Å². The maximum absolute atomic E-state index is 12.4. The van der Waals surface area contributed by atoms with Gasteiger partial charge >= 0.3 is 0 Å². The number of hydrogen-bond acceptors (Lipinski definition) is 4. The van der Waals surface area contributed by atoms with Gasteiger partial charge in [0.15, 0.2) is 12.4 Å². The van der Waals surface area contributed by atoms with E-state index in [0.717, 1.165) is 4.90 Å². The van der Waals surface area contributed by atoms with Crippen LogP contribution < -0.4 is 10.1 Å². The fourth-order valence-electron chi connectivity index (χ4n) is 2.44. The van der Waals surface area contributed by atoms with Crippen molar-refractivity contribution in [1.82, 2.24) is 0 Å². The van der Waals surface area contributed by atoms with E-state index in [2.05, 4.69) is 31.3 Å². The molecule has 5 heteroatoms. The fraction of sp³-hybridized carbons (Fsp3) is 0.263. The summed E-state index contributed by atoms with van der Waals surface area (Å²) in [5.41, 5.74) is 2.42. The number of ether oxygens (including phenoxy) is 1. The van der Waals surface area contributed by atoms with E-state index in [-0.39, 0.29) is 18.3 Å². The molecule has 0 saturated carbocycles. The first-order valence-corrected chi connectivity index (χ1v) is 8.84.